The van der Waals surface area contributed by atoms with Crippen LogP contribution >= 0.6 is 0 Å². The molecule has 0 amide bonds. The lowest BCUT2D eigenvalue weighted by Crippen LogP contribution is -2.47. The van der Waals surface area contributed by atoms with Gasteiger partial charge in [-0.1, -0.05) is 0 Å². The molecule has 3 aliphatic rings. The minimum Gasteiger partial charge on any atom is -0.456 e. The van der Waals surface area contributed by atoms with Crippen LogP contribution in [0.5, 0.6) is 0 Å². The number of carbonyl (C=O) groups is 1. The zero-order valence-electron chi connectivity index (χ0n) is 18.0. The van der Waals surface area contributed by atoms with Crippen LogP contribution in [0.25, 0.3) is 5.69 Å². The first-order chi connectivity index (χ1) is 15.1. The summed E-state index contributed by atoms with van der Waals surface area (Å²) in [5.74, 6) is -0.196. The number of esters is 1. The van der Waals surface area contributed by atoms with Gasteiger partial charge < -0.3 is 14.5 Å². The molecular weight excluding hydrogens is 394 g/mol. The Labute approximate surface area is 182 Å². The lowest BCUT2D eigenvalue weighted by Gasteiger charge is -2.47. The molecule has 0 saturated carbocycles. The Morgan fingerprint density at radius 2 is 1.90 bits per heavy atom. The van der Waals surface area contributed by atoms with Crippen LogP contribution in [0.15, 0.2) is 30.4 Å². The van der Waals surface area contributed by atoms with E-state index in [1.807, 2.05) is 6.20 Å². The van der Waals surface area contributed by atoms with Gasteiger partial charge in [0.1, 0.15) is 12.9 Å². The van der Waals surface area contributed by atoms with Crippen molar-refractivity contribution in [1.29, 1.82) is 0 Å². The third-order valence-electron chi connectivity index (χ3n) is 7.24. The molecule has 31 heavy (non-hydrogen) atoms. The number of aromatic nitrogens is 5. The third-order valence-corrected chi connectivity index (χ3v) is 7.24. The van der Waals surface area contributed by atoms with Crippen LogP contribution in [0.3, 0.4) is 0 Å². The second-order valence-corrected chi connectivity index (χ2v) is 9.03. The van der Waals surface area contributed by atoms with Crippen LogP contribution in [0.2, 0.25) is 0 Å². The summed E-state index contributed by atoms with van der Waals surface area (Å²) < 4.78 is 6.70. The van der Waals surface area contributed by atoms with Crippen molar-refractivity contribution < 1.29 is 9.53 Å². The maximum absolute atomic E-state index is 11.3. The molecule has 2 aromatic heterocycles. The summed E-state index contributed by atoms with van der Waals surface area (Å²) in [7, 11) is 0. The Morgan fingerprint density at radius 3 is 2.55 bits per heavy atom. The fourth-order valence-electron chi connectivity index (χ4n) is 5.09. The van der Waals surface area contributed by atoms with Gasteiger partial charge in [-0.15, -0.1) is 5.10 Å². The van der Waals surface area contributed by atoms with E-state index in [4.69, 9.17) is 4.74 Å². The van der Waals surface area contributed by atoms with Crippen molar-refractivity contribution in [2.75, 3.05) is 39.3 Å². The number of likely N-dealkylation sites (tertiary alicyclic amines) is 2. The Hall–Kier alpha value is -2.81. The van der Waals surface area contributed by atoms with Gasteiger partial charge in [0.25, 0.3) is 0 Å². The number of hydrogen-bond acceptors (Lipinski definition) is 8. The smallest absolute Gasteiger partial charge is 0.333 e. The number of aryl methyl sites for hydroxylation is 1. The summed E-state index contributed by atoms with van der Waals surface area (Å²) >= 11 is 0. The maximum atomic E-state index is 11.3. The second kappa shape index (κ2) is 8.37. The van der Waals surface area contributed by atoms with Crippen LogP contribution in [-0.2, 0) is 16.0 Å². The molecule has 9 nitrogen and oxygen atoms in total. The van der Waals surface area contributed by atoms with Crippen LogP contribution in [0, 0.1) is 12.3 Å². The number of piperidine rings is 2. The van der Waals surface area contributed by atoms with E-state index in [-0.39, 0.29) is 5.97 Å². The first-order valence-corrected chi connectivity index (χ1v) is 11.1. The molecule has 5 heterocycles. The van der Waals surface area contributed by atoms with E-state index in [1.165, 1.54) is 31.2 Å². The van der Waals surface area contributed by atoms with Gasteiger partial charge in [0.2, 0.25) is 0 Å². The van der Waals surface area contributed by atoms with E-state index in [0.29, 0.717) is 12.0 Å². The van der Waals surface area contributed by atoms with Gasteiger partial charge in [0.15, 0.2) is 0 Å². The van der Waals surface area contributed by atoms with Crippen LogP contribution in [0.4, 0.5) is 0 Å². The van der Waals surface area contributed by atoms with Gasteiger partial charge in [-0.3, -0.25) is 4.98 Å². The lowest BCUT2D eigenvalue weighted by molar-refractivity contribution is -0.135. The van der Waals surface area contributed by atoms with E-state index in [2.05, 4.69) is 43.3 Å². The molecule has 0 bridgehead atoms. The van der Waals surface area contributed by atoms with E-state index >= 15 is 0 Å². The first-order valence-electron chi connectivity index (χ1n) is 11.1. The molecule has 2 saturated heterocycles. The Bertz CT molecular complexity index is 954. The van der Waals surface area contributed by atoms with Crippen LogP contribution in [0.1, 0.15) is 36.9 Å². The average molecular weight is 424 g/mol. The molecule has 0 aliphatic carbocycles. The number of ether oxygens (including phenoxy) is 1. The zero-order chi connectivity index (χ0) is 21.3. The van der Waals surface area contributed by atoms with Crippen molar-refractivity contribution in [1.82, 2.24) is 35.0 Å². The van der Waals surface area contributed by atoms with Gasteiger partial charge in [-0.2, -0.15) is 4.68 Å². The predicted octanol–water partition coefficient (Wildman–Crippen LogP) is 1.53. The lowest BCUT2D eigenvalue weighted by atomic mass is 9.71. The number of hydrogen-bond donors (Lipinski definition) is 0. The summed E-state index contributed by atoms with van der Waals surface area (Å²) in [6.45, 7) is 8.00. The molecular formula is C22H29N7O2. The van der Waals surface area contributed by atoms with Crippen LogP contribution < -0.4 is 0 Å². The SMILES string of the molecule is Cc1cc(-n2cnnn2)cnc1CCN1CCC2(CC1)CCN(C1=CC(=O)OC1)CC2. The molecule has 5 rings (SSSR count). The summed E-state index contributed by atoms with van der Waals surface area (Å²) in [5, 5.41) is 11.3. The average Bonchev–Trinajstić information content (AvgIpc) is 3.47. The number of cyclic esters (lactones) is 1. The van der Waals surface area contributed by atoms with E-state index in [1.54, 1.807) is 17.1 Å². The molecule has 0 atom stereocenters. The van der Waals surface area contributed by atoms with Gasteiger partial charge in [0, 0.05) is 37.8 Å². The molecule has 0 aromatic carbocycles. The normalized spacial score (nSPS) is 21.4. The Morgan fingerprint density at radius 1 is 1.13 bits per heavy atom. The van der Waals surface area contributed by atoms with E-state index < -0.39 is 0 Å². The highest BCUT2D eigenvalue weighted by Gasteiger charge is 2.38. The van der Waals surface area contributed by atoms with E-state index in [9.17, 15) is 4.79 Å². The standard InChI is InChI=1S/C22H29N7O2/c1-17-12-18(29-16-24-25-26-29)14-23-20(17)2-7-27-8-3-22(4-9-27)5-10-28(11-6-22)19-13-21(30)31-15-19/h12-14,16H,2-11,15H2,1H3. The van der Waals surface area contributed by atoms with Gasteiger partial charge in [0.05, 0.1) is 17.6 Å². The molecule has 2 aromatic rings. The van der Waals surface area contributed by atoms with Crippen molar-refractivity contribution >= 4 is 5.97 Å². The molecule has 3 aliphatic heterocycles. The first kappa shape index (κ1) is 20.1. The second-order valence-electron chi connectivity index (χ2n) is 9.03. The van der Waals surface area contributed by atoms with Crippen molar-refractivity contribution in [3.63, 3.8) is 0 Å². The molecule has 0 N–H and O–H groups in total. The molecule has 0 unspecified atom stereocenters. The third kappa shape index (κ3) is 4.32. The molecule has 164 valence electrons. The van der Waals surface area contributed by atoms with Gasteiger partial charge in [-0.25, -0.2) is 4.79 Å². The van der Waals surface area contributed by atoms with Crippen molar-refractivity contribution in [3.8, 4) is 5.69 Å². The minimum atomic E-state index is -0.196. The molecule has 2 fully saturated rings. The topological polar surface area (TPSA) is 89.3 Å². The number of pyridine rings is 1. The highest BCUT2D eigenvalue weighted by Crippen LogP contribution is 2.42. The highest BCUT2D eigenvalue weighted by atomic mass is 16.5. The number of tetrazole rings is 1. The Kier molecular flexibility index (Phi) is 5.43. The largest absolute Gasteiger partial charge is 0.456 e. The predicted molar refractivity (Wildman–Crippen MR) is 113 cm³/mol. The summed E-state index contributed by atoms with van der Waals surface area (Å²) in [4.78, 5) is 20.9. The Balaban J connectivity index is 1.10. The molecule has 1 spiro atoms. The molecule has 0 radical (unpaired) electrons. The number of nitrogens with zero attached hydrogens (tertiary/aromatic N) is 7. The number of rotatable bonds is 5. The number of carbonyl (C=O) groups excluding carboxylic acids is 1. The van der Waals surface area contributed by atoms with Crippen molar-refractivity contribution in [3.05, 3.63) is 41.6 Å². The molecule has 9 heteroatoms. The van der Waals surface area contributed by atoms with Crippen LogP contribution in [-0.4, -0.2) is 80.3 Å². The summed E-state index contributed by atoms with van der Waals surface area (Å²) in [6.07, 6.45) is 11.0. The monoisotopic (exact) mass is 423 g/mol. The highest BCUT2D eigenvalue weighted by molar-refractivity contribution is 5.85. The summed E-state index contributed by atoms with van der Waals surface area (Å²) in [6, 6.07) is 2.09. The van der Waals surface area contributed by atoms with Gasteiger partial charge in [-0.05, 0) is 73.2 Å². The fourth-order valence-corrected chi connectivity index (χ4v) is 5.09. The fraction of sp³-hybridized carbons (Fsp3) is 0.591. The minimum absolute atomic E-state index is 0.196. The quantitative estimate of drug-likeness (QED) is 0.669. The van der Waals surface area contributed by atoms with Crippen molar-refractivity contribution in [2.45, 2.75) is 39.0 Å². The zero-order valence-corrected chi connectivity index (χ0v) is 18.0. The summed E-state index contributed by atoms with van der Waals surface area (Å²) in [5.41, 5.74) is 4.75. The maximum Gasteiger partial charge on any atom is 0.333 e. The van der Waals surface area contributed by atoms with E-state index in [0.717, 1.165) is 56.2 Å². The van der Waals surface area contributed by atoms with Crippen molar-refractivity contribution in [2.24, 2.45) is 5.41 Å². The van der Waals surface area contributed by atoms with Gasteiger partial charge >= 0.3 is 5.97 Å².